The zero-order valence-electron chi connectivity index (χ0n) is 18.9. The SMILES string of the molecule is Cc1ccc([C@@H]2[C@@H](c3ncnn3C)C3=NCC(=O)c4cc(F)cc(c43)N2C(C)(C)C)cc1. The molecule has 6 nitrogen and oxygen atoms in total. The highest BCUT2D eigenvalue weighted by Gasteiger charge is 2.48. The second-order valence-corrected chi connectivity index (χ2v) is 9.59. The molecule has 0 amide bonds. The van der Waals surface area contributed by atoms with Crippen LogP contribution in [0.4, 0.5) is 10.1 Å². The average Bonchev–Trinajstić information content (AvgIpc) is 3.14. The first-order valence-electron chi connectivity index (χ1n) is 10.8. The Morgan fingerprint density at radius 1 is 1.12 bits per heavy atom. The predicted octanol–water partition coefficient (Wildman–Crippen LogP) is 4.39. The van der Waals surface area contributed by atoms with Crippen LogP contribution in [0.2, 0.25) is 0 Å². The number of hydrogen-bond acceptors (Lipinski definition) is 5. The van der Waals surface area contributed by atoms with Gasteiger partial charge in [0.05, 0.1) is 23.4 Å². The number of aryl methyl sites for hydroxylation is 2. The van der Waals surface area contributed by atoms with E-state index in [0.717, 1.165) is 22.7 Å². The van der Waals surface area contributed by atoms with E-state index in [0.29, 0.717) is 16.8 Å². The second kappa shape index (κ2) is 7.08. The van der Waals surface area contributed by atoms with Crippen LogP contribution in [0.1, 0.15) is 65.6 Å². The van der Waals surface area contributed by atoms with Crippen LogP contribution in [0.15, 0.2) is 47.7 Å². The van der Waals surface area contributed by atoms with Crippen molar-refractivity contribution >= 4 is 17.2 Å². The number of halogens is 1. The van der Waals surface area contributed by atoms with Crippen molar-refractivity contribution in [1.82, 2.24) is 14.8 Å². The van der Waals surface area contributed by atoms with Gasteiger partial charge in [-0.3, -0.25) is 14.5 Å². The van der Waals surface area contributed by atoms with Crippen LogP contribution < -0.4 is 4.90 Å². The molecule has 0 aliphatic carbocycles. The quantitative estimate of drug-likeness (QED) is 0.604. The molecule has 1 aromatic heterocycles. The van der Waals surface area contributed by atoms with Crippen LogP contribution in [0.5, 0.6) is 0 Å². The van der Waals surface area contributed by atoms with Gasteiger partial charge in [0.15, 0.2) is 5.78 Å². The molecule has 0 radical (unpaired) electrons. The van der Waals surface area contributed by atoms with Crippen molar-refractivity contribution in [2.75, 3.05) is 11.4 Å². The summed E-state index contributed by atoms with van der Waals surface area (Å²) in [6.07, 6.45) is 1.54. The minimum Gasteiger partial charge on any atom is -0.358 e. The fourth-order valence-electron chi connectivity index (χ4n) is 5.03. The van der Waals surface area contributed by atoms with Gasteiger partial charge in [-0.05, 0) is 45.4 Å². The van der Waals surface area contributed by atoms with Gasteiger partial charge >= 0.3 is 0 Å². The normalized spacial score (nSPS) is 20.2. The van der Waals surface area contributed by atoms with Crippen molar-refractivity contribution in [3.63, 3.8) is 0 Å². The van der Waals surface area contributed by atoms with E-state index in [1.165, 1.54) is 12.1 Å². The highest BCUT2D eigenvalue weighted by molar-refractivity contribution is 6.21. The third kappa shape index (κ3) is 3.06. The average molecular weight is 432 g/mol. The van der Waals surface area contributed by atoms with Crippen molar-refractivity contribution in [2.24, 2.45) is 12.0 Å². The Labute approximate surface area is 186 Å². The number of Topliss-reactive ketones (excluding diaryl/α,β-unsaturated/α-hetero) is 1. The molecular weight excluding hydrogens is 405 g/mol. The first-order valence-corrected chi connectivity index (χ1v) is 10.8. The predicted molar refractivity (Wildman–Crippen MR) is 122 cm³/mol. The number of anilines is 1. The number of ketones is 1. The largest absolute Gasteiger partial charge is 0.358 e. The van der Waals surface area contributed by atoms with E-state index in [4.69, 9.17) is 4.99 Å². The van der Waals surface area contributed by atoms with E-state index in [9.17, 15) is 9.18 Å². The Morgan fingerprint density at radius 3 is 2.47 bits per heavy atom. The molecule has 0 unspecified atom stereocenters. The van der Waals surface area contributed by atoms with Gasteiger partial charge in [0.1, 0.15) is 24.5 Å². The molecule has 2 aliphatic rings. The van der Waals surface area contributed by atoms with Crippen molar-refractivity contribution < 1.29 is 9.18 Å². The monoisotopic (exact) mass is 431 g/mol. The lowest BCUT2D eigenvalue weighted by atomic mass is 9.74. The molecule has 164 valence electrons. The molecule has 5 rings (SSSR count). The highest BCUT2D eigenvalue weighted by atomic mass is 19.1. The number of nitrogens with zero attached hydrogens (tertiary/aromatic N) is 5. The smallest absolute Gasteiger partial charge is 0.185 e. The van der Waals surface area contributed by atoms with Crippen molar-refractivity contribution in [2.45, 2.75) is 45.2 Å². The molecule has 32 heavy (non-hydrogen) atoms. The van der Waals surface area contributed by atoms with Gasteiger partial charge in [-0.2, -0.15) is 5.10 Å². The maximum Gasteiger partial charge on any atom is 0.185 e. The summed E-state index contributed by atoms with van der Waals surface area (Å²) in [5, 5.41) is 4.32. The molecule has 0 N–H and O–H groups in total. The molecule has 0 saturated carbocycles. The summed E-state index contributed by atoms with van der Waals surface area (Å²) >= 11 is 0. The van der Waals surface area contributed by atoms with E-state index in [1.807, 2.05) is 7.05 Å². The molecule has 3 aromatic rings. The zero-order chi connectivity index (χ0) is 22.8. The van der Waals surface area contributed by atoms with Crippen molar-refractivity contribution in [1.29, 1.82) is 0 Å². The maximum atomic E-state index is 14.8. The molecular formula is C25H26FN5O. The molecule has 2 aliphatic heterocycles. The third-order valence-electron chi connectivity index (χ3n) is 6.35. The van der Waals surface area contributed by atoms with Gasteiger partial charge in [0.2, 0.25) is 0 Å². The topological polar surface area (TPSA) is 63.4 Å². The zero-order valence-corrected chi connectivity index (χ0v) is 18.9. The minimum absolute atomic E-state index is 0.00964. The van der Waals surface area contributed by atoms with E-state index in [2.05, 4.69) is 66.9 Å². The molecule has 7 heteroatoms. The maximum absolute atomic E-state index is 14.8. The molecule has 2 atom stereocenters. The summed E-state index contributed by atoms with van der Waals surface area (Å²) in [7, 11) is 1.87. The first-order chi connectivity index (χ1) is 15.2. The molecule has 0 spiro atoms. The van der Waals surface area contributed by atoms with Crippen molar-refractivity contribution in [3.05, 3.63) is 76.6 Å². The number of aliphatic imine (C=N–C) groups is 1. The lowest BCUT2D eigenvalue weighted by Crippen LogP contribution is -2.52. The summed E-state index contributed by atoms with van der Waals surface area (Å²) < 4.78 is 16.6. The van der Waals surface area contributed by atoms with E-state index in [-0.39, 0.29) is 29.8 Å². The minimum atomic E-state index is -0.414. The third-order valence-corrected chi connectivity index (χ3v) is 6.35. The summed E-state index contributed by atoms with van der Waals surface area (Å²) in [4.78, 5) is 24.3. The van der Waals surface area contributed by atoms with Gasteiger partial charge in [-0.15, -0.1) is 0 Å². The standard InChI is InChI=1S/C25H26FN5O/c1-14-6-8-15(9-7-14)23-21(24-28-13-29-30(24)5)22-20-17(19(32)12-27-22)10-16(26)11-18(20)31(23)25(2,3)4/h6-11,13,21,23H,12H2,1-5H3/t21-,23+/m0/s1. The fraction of sp³-hybridized carbons (Fsp3) is 0.360. The number of benzene rings is 2. The fourth-order valence-corrected chi connectivity index (χ4v) is 5.03. The Kier molecular flexibility index (Phi) is 4.55. The van der Waals surface area contributed by atoms with Crippen LogP contribution >= 0.6 is 0 Å². The number of hydrogen-bond donors (Lipinski definition) is 0. The Balaban J connectivity index is 1.88. The van der Waals surface area contributed by atoms with E-state index in [1.54, 1.807) is 11.0 Å². The number of aromatic nitrogens is 3. The van der Waals surface area contributed by atoms with E-state index < -0.39 is 5.82 Å². The molecule has 0 fully saturated rings. The number of carbonyl (C=O) groups is 1. The molecule has 0 saturated heterocycles. The highest BCUT2D eigenvalue weighted by Crippen LogP contribution is 2.51. The lowest BCUT2D eigenvalue weighted by molar-refractivity contribution is 0.0999. The van der Waals surface area contributed by atoms with Crippen LogP contribution in [-0.4, -0.2) is 38.3 Å². The first kappa shape index (κ1) is 20.5. The van der Waals surface area contributed by atoms with Gasteiger partial charge in [0, 0.05) is 23.7 Å². The van der Waals surface area contributed by atoms with Crippen LogP contribution in [-0.2, 0) is 7.05 Å². The van der Waals surface area contributed by atoms with Crippen molar-refractivity contribution in [3.8, 4) is 0 Å². The number of rotatable bonds is 2. The summed E-state index contributed by atoms with van der Waals surface area (Å²) in [6.45, 7) is 8.37. The Hall–Kier alpha value is -3.35. The molecule has 0 bridgehead atoms. The molecule has 2 aromatic carbocycles. The summed E-state index contributed by atoms with van der Waals surface area (Å²) in [5.41, 5.74) is 4.45. The number of carbonyl (C=O) groups excluding carboxylic acids is 1. The summed E-state index contributed by atoms with van der Waals surface area (Å²) in [6, 6.07) is 11.1. The van der Waals surface area contributed by atoms with Gasteiger partial charge in [-0.25, -0.2) is 9.37 Å². The Morgan fingerprint density at radius 2 is 1.84 bits per heavy atom. The second-order valence-electron chi connectivity index (χ2n) is 9.59. The Bertz CT molecular complexity index is 1250. The lowest BCUT2D eigenvalue weighted by Gasteiger charge is -2.51. The van der Waals surface area contributed by atoms with Crippen LogP contribution in [0, 0.1) is 12.7 Å². The van der Waals surface area contributed by atoms with Gasteiger partial charge in [0.25, 0.3) is 0 Å². The van der Waals surface area contributed by atoms with Crippen LogP contribution in [0.3, 0.4) is 0 Å². The van der Waals surface area contributed by atoms with Gasteiger partial charge < -0.3 is 4.90 Å². The van der Waals surface area contributed by atoms with Gasteiger partial charge in [-0.1, -0.05) is 29.8 Å². The van der Waals surface area contributed by atoms with E-state index >= 15 is 0 Å². The van der Waals surface area contributed by atoms with Crippen LogP contribution in [0.25, 0.3) is 0 Å². The summed E-state index contributed by atoms with van der Waals surface area (Å²) in [5.74, 6) is -0.0840. The molecule has 3 heterocycles.